The van der Waals surface area contributed by atoms with E-state index in [9.17, 15) is 4.79 Å². The topological polar surface area (TPSA) is 62.7 Å². The minimum absolute atomic E-state index is 0.0978. The Kier molecular flexibility index (Phi) is 4.21. The van der Waals surface area contributed by atoms with Gasteiger partial charge in [-0.05, 0) is 52.3 Å². The van der Waals surface area contributed by atoms with Crippen molar-refractivity contribution in [2.24, 2.45) is 4.99 Å². The average Bonchev–Trinajstić information content (AvgIpc) is 2.64. The van der Waals surface area contributed by atoms with Crippen molar-refractivity contribution in [2.45, 2.75) is 52.3 Å². The molecule has 1 amide bonds. The molecule has 5 nitrogen and oxygen atoms in total. The molecule has 1 saturated heterocycles. The highest BCUT2D eigenvalue weighted by Crippen LogP contribution is 2.26. The second-order valence-corrected chi connectivity index (χ2v) is 5.97. The lowest BCUT2D eigenvalue weighted by Gasteiger charge is -2.22. The number of aliphatic imine (C=N–C) groups is 1. The summed E-state index contributed by atoms with van der Waals surface area (Å²) in [4.78, 5) is 16.6. The van der Waals surface area contributed by atoms with E-state index in [4.69, 9.17) is 4.74 Å². The van der Waals surface area contributed by atoms with Crippen LogP contribution in [0.2, 0.25) is 0 Å². The number of nitrogens with one attached hydrogen (secondary N) is 2. The second-order valence-electron chi connectivity index (χ2n) is 5.97. The van der Waals surface area contributed by atoms with Crippen LogP contribution in [0.1, 0.15) is 40.2 Å². The molecule has 1 unspecified atom stereocenters. The molecule has 114 valence electrons. The van der Waals surface area contributed by atoms with Gasteiger partial charge in [-0.15, -0.1) is 0 Å². The zero-order valence-electron chi connectivity index (χ0n) is 13.2. The maximum Gasteiger partial charge on any atom is 0.256 e. The van der Waals surface area contributed by atoms with E-state index in [2.05, 4.69) is 15.6 Å². The number of rotatable bonds is 4. The maximum atomic E-state index is 12.3. The Balaban J connectivity index is 2.22. The SMILES string of the molecule is CC(C)N=C1NC(=O)C(C)(c2ccc(OC(C)C)cc2)N1. The fourth-order valence-electron chi connectivity index (χ4n) is 2.22. The largest absolute Gasteiger partial charge is 0.491 e. The van der Waals surface area contributed by atoms with Gasteiger partial charge >= 0.3 is 0 Å². The van der Waals surface area contributed by atoms with Crippen LogP contribution in [-0.4, -0.2) is 24.0 Å². The van der Waals surface area contributed by atoms with E-state index in [1.807, 2.05) is 58.9 Å². The van der Waals surface area contributed by atoms with Gasteiger partial charge in [-0.1, -0.05) is 12.1 Å². The normalized spacial score (nSPS) is 23.6. The van der Waals surface area contributed by atoms with Crippen molar-refractivity contribution in [1.29, 1.82) is 0 Å². The van der Waals surface area contributed by atoms with E-state index in [-0.39, 0.29) is 18.1 Å². The standard InChI is InChI=1S/C16H23N3O2/c1-10(2)17-15-18-14(20)16(5,19-15)12-6-8-13(9-7-12)21-11(3)4/h6-11H,1-5H3,(H2,17,18,19,20). The number of benzene rings is 1. The molecule has 0 bridgehead atoms. The molecule has 0 radical (unpaired) electrons. The molecule has 2 rings (SSSR count). The Morgan fingerprint density at radius 2 is 1.76 bits per heavy atom. The summed E-state index contributed by atoms with van der Waals surface area (Å²) in [5.41, 5.74) is 0.0782. The van der Waals surface area contributed by atoms with Crippen molar-refractivity contribution in [3.8, 4) is 5.75 Å². The first-order valence-electron chi connectivity index (χ1n) is 7.26. The number of carbonyl (C=O) groups excluding carboxylic acids is 1. The van der Waals surface area contributed by atoms with Gasteiger partial charge in [0, 0.05) is 6.04 Å². The van der Waals surface area contributed by atoms with Crippen molar-refractivity contribution in [1.82, 2.24) is 10.6 Å². The number of guanidine groups is 1. The van der Waals surface area contributed by atoms with Crippen LogP contribution in [-0.2, 0) is 10.3 Å². The van der Waals surface area contributed by atoms with Crippen LogP contribution in [0.5, 0.6) is 5.75 Å². The van der Waals surface area contributed by atoms with Crippen LogP contribution in [0.4, 0.5) is 0 Å². The summed E-state index contributed by atoms with van der Waals surface area (Å²) in [6, 6.07) is 7.70. The molecular weight excluding hydrogens is 266 g/mol. The van der Waals surface area contributed by atoms with Crippen LogP contribution >= 0.6 is 0 Å². The van der Waals surface area contributed by atoms with E-state index in [1.165, 1.54) is 0 Å². The predicted octanol–water partition coefficient (Wildman–Crippen LogP) is 2.17. The maximum absolute atomic E-state index is 12.3. The summed E-state index contributed by atoms with van der Waals surface area (Å²) in [7, 11) is 0. The fraction of sp³-hybridized carbons (Fsp3) is 0.500. The molecule has 0 aliphatic carbocycles. The third-order valence-corrected chi connectivity index (χ3v) is 3.25. The molecule has 1 aliphatic heterocycles. The second kappa shape index (κ2) is 5.76. The Labute approximate surface area is 125 Å². The first-order valence-corrected chi connectivity index (χ1v) is 7.26. The Bertz CT molecular complexity index is 549. The molecule has 1 atom stereocenters. The van der Waals surface area contributed by atoms with E-state index in [1.54, 1.807) is 0 Å². The summed E-state index contributed by atoms with van der Waals surface area (Å²) in [5.74, 6) is 1.23. The molecule has 1 aromatic carbocycles. The van der Waals surface area contributed by atoms with Crippen LogP contribution in [0.3, 0.4) is 0 Å². The van der Waals surface area contributed by atoms with E-state index in [0.29, 0.717) is 5.96 Å². The molecule has 21 heavy (non-hydrogen) atoms. The number of amides is 1. The molecule has 0 saturated carbocycles. The van der Waals surface area contributed by atoms with Gasteiger partial charge in [0.15, 0.2) is 5.96 Å². The summed E-state index contributed by atoms with van der Waals surface area (Å²) < 4.78 is 5.62. The van der Waals surface area contributed by atoms with Crippen LogP contribution in [0.25, 0.3) is 0 Å². The molecule has 1 fully saturated rings. The number of carbonyl (C=O) groups is 1. The quantitative estimate of drug-likeness (QED) is 0.893. The third kappa shape index (κ3) is 3.35. The smallest absolute Gasteiger partial charge is 0.256 e. The lowest BCUT2D eigenvalue weighted by molar-refractivity contribution is -0.123. The molecule has 2 N–H and O–H groups in total. The Hall–Kier alpha value is -2.04. The van der Waals surface area contributed by atoms with Gasteiger partial charge in [0.1, 0.15) is 11.3 Å². The number of nitrogens with zero attached hydrogens (tertiary/aromatic N) is 1. The Morgan fingerprint density at radius 3 is 2.29 bits per heavy atom. The van der Waals surface area contributed by atoms with Gasteiger partial charge in [0.2, 0.25) is 0 Å². The molecule has 1 aliphatic rings. The van der Waals surface area contributed by atoms with Crippen molar-refractivity contribution < 1.29 is 9.53 Å². The van der Waals surface area contributed by atoms with Gasteiger partial charge in [-0.25, -0.2) is 0 Å². The van der Waals surface area contributed by atoms with Crippen molar-refractivity contribution in [3.05, 3.63) is 29.8 Å². The molecule has 0 aromatic heterocycles. The van der Waals surface area contributed by atoms with E-state index < -0.39 is 5.54 Å². The number of hydrogen-bond donors (Lipinski definition) is 2. The Morgan fingerprint density at radius 1 is 1.14 bits per heavy atom. The van der Waals surface area contributed by atoms with Crippen molar-refractivity contribution in [2.75, 3.05) is 0 Å². The van der Waals surface area contributed by atoms with E-state index in [0.717, 1.165) is 11.3 Å². The highest BCUT2D eigenvalue weighted by molar-refractivity contribution is 6.09. The summed E-state index contributed by atoms with van der Waals surface area (Å²) >= 11 is 0. The van der Waals surface area contributed by atoms with Gasteiger partial charge < -0.3 is 10.1 Å². The minimum Gasteiger partial charge on any atom is -0.491 e. The highest BCUT2D eigenvalue weighted by Gasteiger charge is 2.42. The van der Waals surface area contributed by atoms with Crippen molar-refractivity contribution in [3.63, 3.8) is 0 Å². The summed E-state index contributed by atoms with van der Waals surface area (Å²) in [5, 5.41) is 5.96. The molecule has 5 heteroatoms. The van der Waals surface area contributed by atoms with Gasteiger partial charge in [-0.2, -0.15) is 0 Å². The van der Waals surface area contributed by atoms with Crippen LogP contribution < -0.4 is 15.4 Å². The molecule has 1 heterocycles. The van der Waals surface area contributed by atoms with Gasteiger partial charge in [0.25, 0.3) is 5.91 Å². The average molecular weight is 289 g/mol. The molecule has 1 aromatic rings. The summed E-state index contributed by atoms with van der Waals surface area (Å²) in [6.07, 6.45) is 0.129. The van der Waals surface area contributed by atoms with Gasteiger partial charge in [-0.3, -0.25) is 15.1 Å². The third-order valence-electron chi connectivity index (χ3n) is 3.25. The van der Waals surface area contributed by atoms with Crippen LogP contribution in [0.15, 0.2) is 29.3 Å². The van der Waals surface area contributed by atoms with Gasteiger partial charge in [0.05, 0.1) is 6.10 Å². The monoisotopic (exact) mass is 289 g/mol. The first kappa shape index (κ1) is 15.4. The zero-order chi connectivity index (χ0) is 15.6. The van der Waals surface area contributed by atoms with Crippen molar-refractivity contribution >= 4 is 11.9 Å². The van der Waals surface area contributed by atoms with Crippen LogP contribution in [0, 0.1) is 0 Å². The minimum atomic E-state index is -0.802. The summed E-state index contributed by atoms with van der Waals surface area (Å²) in [6.45, 7) is 9.75. The number of hydrogen-bond acceptors (Lipinski definition) is 3. The first-order chi connectivity index (χ1) is 9.81. The fourth-order valence-corrected chi connectivity index (χ4v) is 2.22. The zero-order valence-corrected chi connectivity index (χ0v) is 13.2. The van der Waals surface area contributed by atoms with E-state index >= 15 is 0 Å². The molecular formula is C16H23N3O2. The lowest BCUT2D eigenvalue weighted by Crippen LogP contribution is -2.40. The number of ether oxygens (including phenoxy) is 1. The highest BCUT2D eigenvalue weighted by atomic mass is 16.5. The molecule has 0 spiro atoms. The predicted molar refractivity (Wildman–Crippen MR) is 83.4 cm³/mol. The lowest BCUT2D eigenvalue weighted by atomic mass is 9.92.